The van der Waals surface area contributed by atoms with Gasteiger partial charge in [0.2, 0.25) is 0 Å². The fourth-order valence-electron chi connectivity index (χ4n) is 1.36. The molecule has 0 aliphatic heterocycles. The second-order valence-corrected chi connectivity index (χ2v) is 4.95. The van der Waals surface area contributed by atoms with Crippen LogP contribution in [0.1, 0.15) is 34.1 Å². The smallest absolute Gasteiger partial charge is 0.308 e. The number of carbonyl (C=O) groups excluding carboxylic acids is 1. The standard InChI is InChI=1S/C11H21NO4/c1-7(8(6-12)10(14)15)5-9(13)16-11(2,3)4/h7-8H,5-6,12H2,1-4H3,(H,14,15)/t7?,8-/m0/s1. The molecule has 5 nitrogen and oxygen atoms in total. The van der Waals surface area contributed by atoms with E-state index < -0.39 is 17.5 Å². The zero-order valence-corrected chi connectivity index (χ0v) is 10.3. The Labute approximate surface area is 96.0 Å². The van der Waals surface area contributed by atoms with Gasteiger partial charge in [-0.2, -0.15) is 0 Å². The van der Waals surface area contributed by atoms with Crippen LogP contribution >= 0.6 is 0 Å². The van der Waals surface area contributed by atoms with Crippen molar-refractivity contribution in [2.45, 2.75) is 39.7 Å². The molecule has 0 aliphatic rings. The van der Waals surface area contributed by atoms with Crippen molar-refractivity contribution in [3.8, 4) is 0 Å². The van der Waals surface area contributed by atoms with Gasteiger partial charge in [-0.3, -0.25) is 9.59 Å². The first-order chi connectivity index (χ1) is 7.17. The van der Waals surface area contributed by atoms with Crippen LogP contribution < -0.4 is 5.73 Å². The highest BCUT2D eigenvalue weighted by atomic mass is 16.6. The van der Waals surface area contributed by atoms with Crippen molar-refractivity contribution >= 4 is 11.9 Å². The van der Waals surface area contributed by atoms with Gasteiger partial charge in [0.1, 0.15) is 5.60 Å². The van der Waals surface area contributed by atoms with E-state index in [4.69, 9.17) is 15.6 Å². The van der Waals surface area contributed by atoms with E-state index in [1.54, 1.807) is 27.7 Å². The Hall–Kier alpha value is -1.10. The molecule has 94 valence electrons. The third-order valence-electron chi connectivity index (χ3n) is 2.17. The summed E-state index contributed by atoms with van der Waals surface area (Å²) in [5.41, 5.74) is 4.80. The Bertz CT molecular complexity index is 257. The minimum absolute atomic E-state index is 0.0271. The Morgan fingerprint density at radius 3 is 2.19 bits per heavy atom. The molecule has 0 fully saturated rings. The maximum absolute atomic E-state index is 11.5. The summed E-state index contributed by atoms with van der Waals surface area (Å²) in [6.07, 6.45) is 0.0748. The normalized spacial score (nSPS) is 15.3. The molecule has 0 radical (unpaired) electrons. The van der Waals surface area contributed by atoms with Crippen LogP contribution in [-0.4, -0.2) is 29.2 Å². The molecule has 0 saturated carbocycles. The third-order valence-corrected chi connectivity index (χ3v) is 2.17. The molecule has 0 aromatic heterocycles. The average Bonchev–Trinajstić information content (AvgIpc) is 1.99. The number of aliphatic carboxylic acids is 1. The van der Waals surface area contributed by atoms with Crippen LogP contribution in [0.25, 0.3) is 0 Å². The number of nitrogens with two attached hydrogens (primary N) is 1. The zero-order chi connectivity index (χ0) is 12.9. The van der Waals surface area contributed by atoms with E-state index in [2.05, 4.69) is 0 Å². The summed E-state index contributed by atoms with van der Waals surface area (Å²) in [5.74, 6) is -2.39. The SMILES string of the molecule is CC(CC(=O)OC(C)(C)C)[C@H](CN)C(=O)O. The summed E-state index contributed by atoms with van der Waals surface area (Å²) in [6, 6.07) is 0. The van der Waals surface area contributed by atoms with E-state index in [-0.39, 0.29) is 24.9 Å². The monoisotopic (exact) mass is 231 g/mol. The topological polar surface area (TPSA) is 89.6 Å². The highest BCUT2D eigenvalue weighted by Crippen LogP contribution is 2.18. The first-order valence-electron chi connectivity index (χ1n) is 5.32. The van der Waals surface area contributed by atoms with Crippen molar-refractivity contribution in [2.75, 3.05) is 6.54 Å². The minimum Gasteiger partial charge on any atom is -0.481 e. The maximum Gasteiger partial charge on any atom is 0.308 e. The second-order valence-electron chi connectivity index (χ2n) is 4.95. The molecule has 0 heterocycles. The lowest BCUT2D eigenvalue weighted by molar-refractivity contribution is -0.156. The van der Waals surface area contributed by atoms with E-state index in [0.29, 0.717) is 0 Å². The first-order valence-corrected chi connectivity index (χ1v) is 5.32. The van der Waals surface area contributed by atoms with Gasteiger partial charge in [0.15, 0.2) is 0 Å². The number of hydrogen-bond donors (Lipinski definition) is 2. The summed E-state index contributed by atoms with van der Waals surface area (Å²) < 4.78 is 5.11. The molecule has 0 bridgehead atoms. The largest absolute Gasteiger partial charge is 0.481 e. The summed E-state index contributed by atoms with van der Waals surface area (Å²) in [4.78, 5) is 22.3. The number of rotatable bonds is 5. The fourth-order valence-corrected chi connectivity index (χ4v) is 1.36. The summed E-state index contributed by atoms with van der Waals surface area (Å²) in [6.45, 7) is 7.03. The number of hydrogen-bond acceptors (Lipinski definition) is 4. The highest BCUT2D eigenvalue weighted by Gasteiger charge is 2.27. The summed E-state index contributed by atoms with van der Waals surface area (Å²) >= 11 is 0. The number of carboxylic acids is 1. The molecule has 0 aliphatic carbocycles. The average molecular weight is 231 g/mol. The molecule has 0 rings (SSSR count). The van der Waals surface area contributed by atoms with Gasteiger partial charge in [-0.15, -0.1) is 0 Å². The molecule has 0 aromatic carbocycles. The van der Waals surface area contributed by atoms with Crippen molar-refractivity contribution in [3.05, 3.63) is 0 Å². The highest BCUT2D eigenvalue weighted by molar-refractivity contribution is 5.74. The second kappa shape index (κ2) is 5.84. The Morgan fingerprint density at radius 1 is 1.38 bits per heavy atom. The molecule has 3 N–H and O–H groups in total. The van der Waals surface area contributed by atoms with Crippen molar-refractivity contribution in [3.63, 3.8) is 0 Å². The van der Waals surface area contributed by atoms with Gasteiger partial charge in [-0.1, -0.05) is 6.92 Å². The molecule has 16 heavy (non-hydrogen) atoms. The predicted octanol–water partition coefficient (Wildman–Crippen LogP) is 1.01. The molecular formula is C11H21NO4. The van der Waals surface area contributed by atoms with Crippen LogP contribution in [-0.2, 0) is 14.3 Å². The fraction of sp³-hybridized carbons (Fsp3) is 0.818. The van der Waals surface area contributed by atoms with Crippen molar-refractivity contribution in [1.29, 1.82) is 0 Å². The maximum atomic E-state index is 11.5. The Balaban J connectivity index is 4.28. The lowest BCUT2D eigenvalue weighted by Gasteiger charge is -2.22. The molecule has 0 spiro atoms. The van der Waals surface area contributed by atoms with Crippen molar-refractivity contribution in [2.24, 2.45) is 17.6 Å². The van der Waals surface area contributed by atoms with Crippen LogP contribution in [0.3, 0.4) is 0 Å². The van der Waals surface area contributed by atoms with Gasteiger partial charge in [0.05, 0.1) is 5.92 Å². The van der Waals surface area contributed by atoms with Crippen LogP contribution in [0, 0.1) is 11.8 Å². The molecule has 0 amide bonds. The van der Waals surface area contributed by atoms with Gasteiger partial charge in [0.25, 0.3) is 0 Å². The lowest BCUT2D eigenvalue weighted by atomic mass is 9.91. The molecule has 2 atom stereocenters. The molecule has 1 unspecified atom stereocenters. The number of carbonyl (C=O) groups is 2. The van der Waals surface area contributed by atoms with Gasteiger partial charge in [-0.25, -0.2) is 0 Å². The molecule has 5 heteroatoms. The van der Waals surface area contributed by atoms with Crippen LogP contribution in [0.15, 0.2) is 0 Å². The van der Waals surface area contributed by atoms with E-state index in [0.717, 1.165) is 0 Å². The summed E-state index contributed by atoms with van der Waals surface area (Å²) in [5, 5.41) is 8.86. The van der Waals surface area contributed by atoms with E-state index in [9.17, 15) is 9.59 Å². The number of ether oxygens (including phenoxy) is 1. The number of esters is 1. The zero-order valence-electron chi connectivity index (χ0n) is 10.3. The van der Waals surface area contributed by atoms with E-state index >= 15 is 0 Å². The Kier molecular flexibility index (Phi) is 5.44. The van der Waals surface area contributed by atoms with Gasteiger partial charge < -0.3 is 15.6 Å². The van der Waals surface area contributed by atoms with Gasteiger partial charge >= 0.3 is 11.9 Å². The van der Waals surface area contributed by atoms with Crippen LogP contribution in [0.5, 0.6) is 0 Å². The van der Waals surface area contributed by atoms with Crippen LogP contribution in [0.2, 0.25) is 0 Å². The molecule has 0 aromatic rings. The first kappa shape index (κ1) is 14.9. The summed E-state index contributed by atoms with van der Waals surface area (Å²) in [7, 11) is 0. The predicted molar refractivity (Wildman–Crippen MR) is 59.8 cm³/mol. The minimum atomic E-state index is -0.974. The third kappa shape index (κ3) is 5.70. The van der Waals surface area contributed by atoms with Crippen molar-refractivity contribution in [1.82, 2.24) is 0 Å². The van der Waals surface area contributed by atoms with E-state index in [1.807, 2.05) is 0 Å². The van der Waals surface area contributed by atoms with Gasteiger partial charge in [0, 0.05) is 13.0 Å². The van der Waals surface area contributed by atoms with Crippen LogP contribution in [0.4, 0.5) is 0 Å². The molecular weight excluding hydrogens is 210 g/mol. The van der Waals surface area contributed by atoms with Gasteiger partial charge in [-0.05, 0) is 26.7 Å². The van der Waals surface area contributed by atoms with Crippen molar-refractivity contribution < 1.29 is 19.4 Å². The Morgan fingerprint density at radius 2 is 1.88 bits per heavy atom. The number of carboxylic acid groups (broad SMARTS) is 1. The quantitative estimate of drug-likeness (QED) is 0.689. The molecule has 0 saturated heterocycles. The lowest BCUT2D eigenvalue weighted by Crippen LogP contribution is -2.32. The van der Waals surface area contributed by atoms with E-state index in [1.165, 1.54) is 0 Å².